The van der Waals surface area contributed by atoms with Gasteiger partial charge in [-0.25, -0.2) is 23.2 Å². The molecule has 0 aliphatic rings. The summed E-state index contributed by atoms with van der Waals surface area (Å²) in [7, 11) is -3.71. The van der Waals surface area contributed by atoms with Crippen LogP contribution in [-0.4, -0.2) is 23.2 Å². The molecule has 0 saturated heterocycles. The van der Waals surface area contributed by atoms with Crippen molar-refractivity contribution in [1.29, 1.82) is 0 Å². The molecule has 1 unspecified atom stereocenters. The van der Waals surface area contributed by atoms with E-state index in [4.69, 9.17) is 10.9 Å². The van der Waals surface area contributed by atoms with Crippen molar-refractivity contribution in [3.63, 3.8) is 0 Å². The Kier molecular flexibility index (Phi) is 3.88. The second-order valence-corrected chi connectivity index (χ2v) is 6.75. The molecule has 2 heterocycles. The zero-order valence-corrected chi connectivity index (χ0v) is 13.4. The molecule has 3 aromatic rings. The fraction of sp³-hybridized carbons (Fsp3) is 0.200. The standard InChI is InChI=1S/C15H17N5O2S/c1-2-20-15-13(9-19-20)12(7-8-18-15)14(16)10-3-5-11(6-4-10)23(17,21)22/h3-9,14H,2,16H2,1H3,(H2,17,21,22). The van der Waals surface area contributed by atoms with Gasteiger partial charge in [0.1, 0.15) is 0 Å². The molecular formula is C15H17N5O2S. The van der Waals surface area contributed by atoms with Crippen LogP contribution in [0.4, 0.5) is 0 Å². The molecule has 0 fully saturated rings. The van der Waals surface area contributed by atoms with Gasteiger partial charge in [-0.15, -0.1) is 0 Å². The minimum atomic E-state index is -3.71. The van der Waals surface area contributed by atoms with E-state index < -0.39 is 16.1 Å². The van der Waals surface area contributed by atoms with Crippen LogP contribution in [0.2, 0.25) is 0 Å². The summed E-state index contributed by atoms with van der Waals surface area (Å²) in [5.41, 5.74) is 8.80. The SMILES string of the molecule is CCn1ncc2c(C(N)c3ccc(S(N)(=O)=O)cc3)ccnc21. The van der Waals surface area contributed by atoms with Crippen LogP contribution in [0.3, 0.4) is 0 Å². The predicted molar refractivity (Wildman–Crippen MR) is 87.0 cm³/mol. The van der Waals surface area contributed by atoms with Crippen molar-refractivity contribution in [2.24, 2.45) is 10.9 Å². The van der Waals surface area contributed by atoms with Crippen molar-refractivity contribution in [2.45, 2.75) is 24.4 Å². The Morgan fingerprint density at radius 1 is 1.22 bits per heavy atom. The third-order valence-electron chi connectivity index (χ3n) is 3.78. The molecule has 1 atom stereocenters. The van der Waals surface area contributed by atoms with E-state index >= 15 is 0 Å². The molecule has 0 radical (unpaired) electrons. The number of nitrogens with zero attached hydrogens (tertiary/aromatic N) is 3. The Bertz CT molecular complexity index is 948. The van der Waals surface area contributed by atoms with Crippen LogP contribution < -0.4 is 10.9 Å². The van der Waals surface area contributed by atoms with E-state index in [0.717, 1.165) is 28.7 Å². The van der Waals surface area contributed by atoms with Crippen LogP contribution in [0.15, 0.2) is 47.6 Å². The Hall–Kier alpha value is -2.29. The molecule has 0 amide bonds. The lowest BCUT2D eigenvalue weighted by atomic mass is 9.98. The maximum absolute atomic E-state index is 11.3. The first-order chi connectivity index (χ1) is 10.9. The number of aromatic nitrogens is 3. The van der Waals surface area contributed by atoms with Gasteiger partial charge in [0.05, 0.1) is 17.1 Å². The van der Waals surface area contributed by atoms with Crippen molar-refractivity contribution < 1.29 is 8.42 Å². The molecule has 120 valence electrons. The van der Waals surface area contributed by atoms with E-state index in [9.17, 15) is 8.42 Å². The van der Waals surface area contributed by atoms with Crippen LogP contribution in [0.1, 0.15) is 24.1 Å². The highest BCUT2D eigenvalue weighted by Crippen LogP contribution is 2.26. The fourth-order valence-corrected chi connectivity index (χ4v) is 3.06. The highest BCUT2D eigenvalue weighted by atomic mass is 32.2. The molecular weight excluding hydrogens is 314 g/mol. The molecule has 0 spiro atoms. The van der Waals surface area contributed by atoms with Gasteiger partial charge in [0.15, 0.2) is 5.65 Å². The number of fused-ring (bicyclic) bond motifs is 1. The second kappa shape index (κ2) is 5.73. The Labute approximate surface area is 134 Å². The predicted octanol–water partition coefficient (Wildman–Crippen LogP) is 1.15. The van der Waals surface area contributed by atoms with Gasteiger partial charge in [-0.3, -0.25) is 0 Å². The van der Waals surface area contributed by atoms with Crippen molar-refractivity contribution in [2.75, 3.05) is 0 Å². The molecule has 0 aliphatic heterocycles. The number of primary sulfonamides is 1. The summed E-state index contributed by atoms with van der Waals surface area (Å²) in [4.78, 5) is 4.41. The van der Waals surface area contributed by atoms with Crippen molar-refractivity contribution in [1.82, 2.24) is 14.8 Å². The lowest BCUT2D eigenvalue weighted by Gasteiger charge is -2.14. The summed E-state index contributed by atoms with van der Waals surface area (Å²) < 4.78 is 24.4. The summed E-state index contributed by atoms with van der Waals surface area (Å²) in [6.07, 6.45) is 3.45. The van der Waals surface area contributed by atoms with Gasteiger partial charge in [-0.1, -0.05) is 12.1 Å². The van der Waals surface area contributed by atoms with Crippen LogP contribution >= 0.6 is 0 Å². The number of hydrogen-bond donors (Lipinski definition) is 2. The van der Waals surface area contributed by atoms with Gasteiger partial charge in [0.25, 0.3) is 0 Å². The fourth-order valence-electron chi connectivity index (χ4n) is 2.54. The average molecular weight is 331 g/mol. The number of rotatable bonds is 4. The molecule has 0 aliphatic carbocycles. The highest BCUT2D eigenvalue weighted by Gasteiger charge is 2.16. The van der Waals surface area contributed by atoms with E-state index in [0.29, 0.717) is 0 Å². The number of pyridine rings is 1. The monoisotopic (exact) mass is 331 g/mol. The van der Waals surface area contributed by atoms with E-state index in [1.807, 2.05) is 13.0 Å². The molecule has 8 heteroatoms. The summed E-state index contributed by atoms with van der Waals surface area (Å²) in [6.45, 7) is 2.71. The number of aryl methyl sites for hydroxylation is 1. The van der Waals surface area contributed by atoms with E-state index in [2.05, 4.69) is 10.1 Å². The molecule has 4 N–H and O–H groups in total. The number of nitrogens with two attached hydrogens (primary N) is 2. The van der Waals surface area contributed by atoms with E-state index in [1.54, 1.807) is 29.2 Å². The zero-order valence-electron chi connectivity index (χ0n) is 12.5. The van der Waals surface area contributed by atoms with Gasteiger partial charge in [-0.2, -0.15) is 5.10 Å². The minimum absolute atomic E-state index is 0.0622. The number of hydrogen-bond acceptors (Lipinski definition) is 5. The molecule has 0 saturated carbocycles. The van der Waals surface area contributed by atoms with Crippen LogP contribution in [0, 0.1) is 0 Å². The zero-order chi connectivity index (χ0) is 16.6. The first kappa shape index (κ1) is 15.6. The average Bonchev–Trinajstić information content (AvgIpc) is 2.96. The van der Waals surface area contributed by atoms with Crippen LogP contribution in [0.5, 0.6) is 0 Å². The minimum Gasteiger partial charge on any atom is -0.320 e. The lowest BCUT2D eigenvalue weighted by molar-refractivity contribution is 0.597. The molecule has 3 rings (SSSR count). The highest BCUT2D eigenvalue weighted by molar-refractivity contribution is 7.89. The van der Waals surface area contributed by atoms with Gasteiger partial charge < -0.3 is 5.73 Å². The lowest BCUT2D eigenvalue weighted by Crippen LogP contribution is -2.14. The van der Waals surface area contributed by atoms with Crippen LogP contribution in [-0.2, 0) is 16.6 Å². The molecule has 7 nitrogen and oxygen atoms in total. The first-order valence-electron chi connectivity index (χ1n) is 7.10. The topological polar surface area (TPSA) is 117 Å². The van der Waals surface area contributed by atoms with E-state index in [-0.39, 0.29) is 4.90 Å². The summed E-state index contributed by atoms with van der Waals surface area (Å²) >= 11 is 0. The Balaban J connectivity index is 2.03. The third-order valence-corrected chi connectivity index (χ3v) is 4.71. The van der Waals surface area contributed by atoms with Gasteiger partial charge in [0, 0.05) is 18.1 Å². The van der Waals surface area contributed by atoms with Crippen LogP contribution in [0.25, 0.3) is 11.0 Å². The van der Waals surface area contributed by atoms with Crippen molar-refractivity contribution >= 4 is 21.1 Å². The number of sulfonamides is 1. The van der Waals surface area contributed by atoms with Crippen molar-refractivity contribution in [3.05, 3.63) is 53.9 Å². The molecule has 23 heavy (non-hydrogen) atoms. The molecule has 0 bridgehead atoms. The van der Waals surface area contributed by atoms with Gasteiger partial charge >= 0.3 is 0 Å². The normalized spacial score (nSPS) is 13.3. The summed E-state index contributed by atoms with van der Waals surface area (Å²) in [5.74, 6) is 0. The molecule has 2 aromatic heterocycles. The van der Waals surface area contributed by atoms with Gasteiger partial charge in [0.2, 0.25) is 10.0 Å². The second-order valence-electron chi connectivity index (χ2n) is 5.19. The van der Waals surface area contributed by atoms with E-state index in [1.165, 1.54) is 12.1 Å². The largest absolute Gasteiger partial charge is 0.320 e. The smallest absolute Gasteiger partial charge is 0.238 e. The number of benzene rings is 1. The quantitative estimate of drug-likeness (QED) is 0.743. The third kappa shape index (κ3) is 2.83. The Morgan fingerprint density at radius 3 is 2.52 bits per heavy atom. The van der Waals surface area contributed by atoms with Crippen molar-refractivity contribution in [3.8, 4) is 0 Å². The summed E-state index contributed by atoms with van der Waals surface area (Å²) in [5, 5.41) is 10.3. The summed E-state index contributed by atoms with van der Waals surface area (Å²) in [6, 6.07) is 7.69. The molecule has 1 aromatic carbocycles. The van der Waals surface area contributed by atoms with Gasteiger partial charge in [-0.05, 0) is 36.2 Å². The maximum atomic E-state index is 11.3. The first-order valence-corrected chi connectivity index (χ1v) is 8.65. The Morgan fingerprint density at radius 2 is 1.91 bits per heavy atom. The maximum Gasteiger partial charge on any atom is 0.238 e.